The van der Waals surface area contributed by atoms with Gasteiger partial charge in [-0.15, -0.1) is 0 Å². The van der Waals surface area contributed by atoms with E-state index < -0.39 is 24.1 Å². The van der Waals surface area contributed by atoms with Crippen LogP contribution in [0.3, 0.4) is 0 Å². The van der Waals surface area contributed by atoms with Gasteiger partial charge in [0.2, 0.25) is 11.8 Å². The van der Waals surface area contributed by atoms with Crippen molar-refractivity contribution in [3.63, 3.8) is 0 Å². The summed E-state index contributed by atoms with van der Waals surface area (Å²) in [7, 11) is 0. The second-order valence-electron chi connectivity index (χ2n) is 8.81. The number of nitriles is 1. The van der Waals surface area contributed by atoms with Gasteiger partial charge in [0.05, 0.1) is 12.0 Å². The highest BCUT2D eigenvalue weighted by Crippen LogP contribution is 2.26. The van der Waals surface area contributed by atoms with Gasteiger partial charge in [-0.3, -0.25) is 9.59 Å². The number of nitrogens with zero attached hydrogens (tertiary/aromatic N) is 2. The van der Waals surface area contributed by atoms with Crippen molar-refractivity contribution < 1.29 is 19.1 Å². The third-order valence-corrected chi connectivity index (χ3v) is 5.66. The van der Waals surface area contributed by atoms with Gasteiger partial charge in [-0.25, -0.2) is 4.79 Å². The molecule has 8 heteroatoms. The lowest BCUT2D eigenvalue weighted by Crippen LogP contribution is -2.50. The molecule has 0 saturated carbocycles. The van der Waals surface area contributed by atoms with E-state index in [4.69, 9.17) is 4.74 Å². The zero-order valence-corrected chi connectivity index (χ0v) is 19.4. The molecule has 178 valence electrons. The van der Waals surface area contributed by atoms with Crippen molar-refractivity contribution in [1.29, 1.82) is 5.26 Å². The Morgan fingerprint density at radius 1 is 1.09 bits per heavy atom. The summed E-state index contributed by atoms with van der Waals surface area (Å²) in [5.74, 6) is -1.02. The highest BCUT2D eigenvalue weighted by molar-refractivity contribution is 5.94. The standard InChI is InChI=1S/C26H30N4O4/c1-18(2)13-23(29-26(33)34-17-19-9-5-3-6-10-19)25(32)30-16-20(14-22(30)15-27)24(31)28-21-11-7-4-8-12-21/h3-12,18,20,22-23H,13-14,16-17H2,1-2H3,(H,28,31)(H,29,33). The lowest BCUT2D eigenvalue weighted by atomic mass is 10.0. The van der Waals surface area contributed by atoms with Gasteiger partial charge in [0, 0.05) is 12.2 Å². The lowest BCUT2D eigenvalue weighted by Gasteiger charge is -2.27. The topological polar surface area (TPSA) is 112 Å². The van der Waals surface area contributed by atoms with Crippen LogP contribution in [-0.4, -0.2) is 41.4 Å². The minimum absolute atomic E-state index is 0.0848. The van der Waals surface area contributed by atoms with Crippen LogP contribution in [0.4, 0.5) is 10.5 Å². The summed E-state index contributed by atoms with van der Waals surface area (Å²) in [6, 6.07) is 18.8. The predicted molar refractivity (Wildman–Crippen MR) is 127 cm³/mol. The number of alkyl carbamates (subject to hydrolysis) is 1. The number of hydrogen-bond donors (Lipinski definition) is 2. The summed E-state index contributed by atoms with van der Waals surface area (Å²) in [5.41, 5.74) is 1.49. The van der Waals surface area contributed by atoms with Crippen LogP contribution in [0.25, 0.3) is 0 Å². The number of nitrogens with one attached hydrogen (secondary N) is 2. The van der Waals surface area contributed by atoms with Crippen molar-refractivity contribution >= 4 is 23.6 Å². The van der Waals surface area contributed by atoms with Crippen molar-refractivity contribution in [2.75, 3.05) is 11.9 Å². The van der Waals surface area contributed by atoms with E-state index in [1.807, 2.05) is 62.4 Å². The number of para-hydroxylation sites is 1. The van der Waals surface area contributed by atoms with Gasteiger partial charge in [0.25, 0.3) is 0 Å². The normalized spacial score (nSPS) is 18.1. The largest absolute Gasteiger partial charge is 0.445 e. The Balaban J connectivity index is 1.64. The molecule has 0 spiro atoms. The van der Waals surface area contributed by atoms with Gasteiger partial charge < -0.3 is 20.3 Å². The fourth-order valence-electron chi connectivity index (χ4n) is 3.96. The summed E-state index contributed by atoms with van der Waals surface area (Å²) in [6.45, 7) is 4.09. The number of ether oxygens (including phenoxy) is 1. The molecular weight excluding hydrogens is 432 g/mol. The van der Waals surface area contributed by atoms with Crippen LogP contribution in [0, 0.1) is 23.2 Å². The Labute approximate surface area is 199 Å². The van der Waals surface area contributed by atoms with E-state index in [0.717, 1.165) is 5.56 Å². The van der Waals surface area contributed by atoms with Crippen molar-refractivity contribution in [2.24, 2.45) is 11.8 Å². The molecule has 0 bridgehead atoms. The fraction of sp³-hybridized carbons (Fsp3) is 0.385. The van der Waals surface area contributed by atoms with E-state index >= 15 is 0 Å². The molecule has 0 radical (unpaired) electrons. The van der Waals surface area contributed by atoms with Crippen LogP contribution in [-0.2, 0) is 20.9 Å². The highest BCUT2D eigenvalue weighted by Gasteiger charge is 2.41. The van der Waals surface area contributed by atoms with Gasteiger partial charge >= 0.3 is 6.09 Å². The number of carbonyl (C=O) groups is 3. The third-order valence-electron chi connectivity index (χ3n) is 5.66. The number of benzene rings is 2. The highest BCUT2D eigenvalue weighted by atomic mass is 16.5. The number of anilines is 1. The number of hydrogen-bond acceptors (Lipinski definition) is 5. The number of carbonyl (C=O) groups excluding carboxylic acids is 3. The van der Waals surface area contributed by atoms with E-state index in [-0.39, 0.29) is 37.3 Å². The zero-order chi connectivity index (χ0) is 24.5. The molecule has 2 aromatic rings. The average molecular weight is 463 g/mol. The Kier molecular flexibility index (Phi) is 8.63. The van der Waals surface area contributed by atoms with E-state index in [1.165, 1.54) is 4.90 Å². The molecule has 1 fully saturated rings. The molecule has 1 aliphatic rings. The molecule has 0 aromatic heterocycles. The summed E-state index contributed by atoms with van der Waals surface area (Å²) in [5, 5.41) is 15.1. The Hall–Kier alpha value is -3.86. The van der Waals surface area contributed by atoms with Crippen LogP contribution in [0.5, 0.6) is 0 Å². The first kappa shape index (κ1) is 24.8. The van der Waals surface area contributed by atoms with Crippen molar-refractivity contribution in [2.45, 2.75) is 45.4 Å². The molecule has 2 N–H and O–H groups in total. The van der Waals surface area contributed by atoms with Gasteiger partial charge in [-0.05, 0) is 36.5 Å². The minimum Gasteiger partial charge on any atom is -0.445 e. The first-order valence-corrected chi connectivity index (χ1v) is 11.4. The summed E-state index contributed by atoms with van der Waals surface area (Å²) in [4.78, 5) is 39.9. The Morgan fingerprint density at radius 2 is 1.74 bits per heavy atom. The van der Waals surface area contributed by atoms with Crippen molar-refractivity contribution in [3.05, 3.63) is 66.2 Å². The minimum atomic E-state index is -0.852. The number of rotatable bonds is 8. The van der Waals surface area contributed by atoms with Crippen LogP contribution in [0.2, 0.25) is 0 Å². The Bertz CT molecular complexity index is 1020. The predicted octanol–water partition coefficient (Wildman–Crippen LogP) is 3.71. The fourth-order valence-corrected chi connectivity index (χ4v) is 3.96. The van der Waals surface area contributed by atoms with Crippen LogP contribution in [0.1, 0.15) is 32.3 Å². The first-order valence-electron chi connectivity index (χ1n) is 11.4. The third kappa shape index (κ3) is 6.82. The second kappa shape index (κ2) is 11.8. The van der Waals surface area contributed by atoms with Crippen molar-refractivity contribution in [3.8, 4) is 6.07 Å². The van der Waals surface area contributed by atoms with Gasteiger partial charge in [-0.1, -0.05) is 62.4 Å². The molecule has 8 nitrogen and oxygen atoms in total. The monoisotopic (exact) mass is 462 g/mol. The van der Waals surface area contributed by atoms with E-state index in [2.05, 4.69) is 16.7 Å². The Morgan fingerprint density at radius 3 is 2.35 bits per heavy atom. The molecule has 3 rings (SSSR count). The smallest absolute Gasteiger partial charge is 0.408 e. The van der Waals surface area contributed by atoms with Crippen molar-refractivity contribution in [1.82, 2.24) is 10.2 Å². The maximum absolute atomic E-state index is 13.4. The zero-order valence-electron chi connectivity index (χ0n) is 19.4. The number of likely N-dealkylation sites (tertiary alicyclic amines) is 1. The van der Waals surface area contributed by atoms with E-state index in [1.54, 1.807) is 12.1 Å². The van der Waals surface area contributed by atoms with Gasteiger partial charge in [-0.2, -0.15) is 5.26 Å². The maximum atomic E-state index is 13.4. The first-order chi connectivity index (χ1) is 16.4. The molecule has 0 aliphatic carbocycles. The average Bonchev–Trinajstić information content (AvgIpc) is 3.27. The molecule has 34 heavy (non-hydrogen) atoms. The van der Waals surface area contributed by atoms with Crippen LogP contribution < -0.4 is 10.6 Å². The molecule has 3 unspecified atom stereocenters. The van der Waals surface area contributed by atoms with E-state index in [9.17, 15) is 19.6 Å². The molecule has 1 heterocycles. The molecule has 1 saturated heterocycles. The number of amides is 3. The molecule has 2 aromatic carbocycles. The summed E-state index contributed by atoms with van der Waals surface area (Å²) in [6.07, 6.45) is -0.0725. The maximum Gasteiger partial charge on any atom is 0.408 e. The van der Waals surface area contributed by atoms with Gasteiger partial charge in [0.1, 0.15) is 18.7 Å². The summed E-state index contributed by atoms with van der Waals surface area (Å²) >= 11 is 0. The molecule has 3 atom stereocenters. The van der Waals surface area contributed by atoms with E-state index in [0.29, 0.717) is 12.1 Å². The molecule has 3 amide bonds. The van der Waals surface area contributed by atoms with Crippen LogP contribution >= 0.6 is 0 Å². The lowest BCUT2D eigenvalue weighted by molar-refractivity contribution is -0.134. The molecule has 1 aliphatic heterocycles. The van der Waals surface area contributed by atoms with Gasteiger partial charge in [0.15, 0.2) is 0 Å². The molecular formula is C26H30N4O4. The summed E-state index contributed by atoms with van der Waals surface area (Å²) < 4.78 is 5.28. The quantitative estimate of drug-likeness (QED) is 0.621. The van der Waals surface area contributed by atoms with Crippen LogP contribution in [0.15, 0.2) is 60.7 Å². The second-order valence-corrected chi connectivity index (χ2v) is 8.81. The SMILES string of the molecule is CC(C)CC(NC(=O)OCc1ccccc1)C(=O)N1CC(C(=O)Nc2ccccc2)CC1C#N.